The van der Waals surface area contributed by atoms with Crippen molar-refractivity contribution in [2.45, 2.75) is 31.8 Å². The van der Waals surface area contributed by atoms with Gasteiger partial charge >= 0.3 is 6.72 Å². The summed E-state index contributed by atoms with van der Waals surface area (Å²) in [6.45, 7) is -1.95. The van der Waals surface area contributed by atoms with Crippen LogP contribution in [0.25, 0.3) is 11.2 Å². The first-order chi connectivity index (χ1) is 9.85. The molecule has 0 unspecified atom stereocenters. The van der Waals surface area contributed by atoms with Gasteiger partial charge in [-0.2, -0.15) is 0 Å². The van der Waals surface area contributed by atoms with Crippen molar-refractivity contribution >= 4 is 35.5 Å². The predicted octanol–water partition coefficient (Wildman–Crippen LogP) is 0.310. The van der Waals surface area contributed by atoms with Gasteiger partial charge in [0.15, 0.2) is 11.5 Å². The third-order valence-corrected chi connectivity index (χ3v) is 4.10. The molecule has 3 rings (SSSR count). The molecule has 1 saturated heterocycles. The number of rotatable bonds is 3. The van der Waals surface area contributed by atoms with Crippen molar-refractivity contribution in [2.75, 3.05) is 5.73 Å². The third-order valence-electron chi connectivity index (χ3n) is 3.30. The fourth-order valence-electron chi connectivity index (χ4n) is 2.35. The number of fused-ring (bicyclic) bond motifs is 1. The summed E-state index contributed by atoms with van der Waals surface area (Å²) in [7, 11) is 0. The van der Waals surface area contributed by atoms with Gasteiger partial charge in [-0.1, -0.05) is 0 Å². The van der Waals surface area contributed by atoms with E-state index in [9.17, 15) is 9.79 Å². The van der Waals surface area contributed by atoms with E-state index < -0.39 is 19.1 Å². The van der Waals surface area contributed by atoms with E-state index in [1.54, 1.807) is 17.8 Å². The number of aromatic nitrogens is 4. The van der Waals surface area contributed by atoms with Crippen LogP contribution in [0, 0.1) is 0 Å². The summed E-state index contributed by atoms with van der Waals surface area (Å²) in [5.41, 5.74) is 6.78. The lowest BCUT2D eigenvalue weighted by molar-refractivity contribution is -0.00414. The maximum Gasteiger partial charge on any atom is 0.322 e. The van der Waals surface area contributed by atoms with Gasteiger partial charge < -0.3 is 24.8 Å². The van der Waals surface area contributed by atoms with Crippen LogP contribution in [0.15, 0.2) is 12.7 Å². The Morgan fingerprint density at radius 3 is 2.95 bits per heavy atom. The standard InChI is InChI=1S/C10H14N5O4PS/c1-5-6(19-20(16,17)21)2-7(18-5)15-4-14-8-9(11)12-3-13-10(8)15/h3-7H,2H2,1H3,(H2,11,12,13)(H2,16,17,21)/t5-,6+,7-/m1/s1. The maximum absolute atomic E-state index is 9.27. The first-order valence-electron chi connectivity index (χ1n) is 6.17. The predicted molar refractivity (Wildman–Crippen MR) is 77.5 cm³/mol. The van der Waals surface area contributed by atoms with Crippen molar-refractivity contribution in [1.82, 2.24) is 19.5 Å². The number of anilines is 1. The van der Waals surface area contributed by atoms with Crippen LogP contribution in [-0.4, -0.2) is 41.5 Å². The Labute approximate surface area is 125 Å². The topological polar surface area (TPSA) is 129 Å². The van der Waals surface area contributed by atoms with E-state index in [-0.39, 0.29) is 6.10 Å². The molecule has 1 aliphatic rings. The number of hydrogen-bond acceptors (Lipinski definition) is 7. The summed E-state index contributed by atoms with van der Waals surface area (Å²) in [5, 5.41) is 0. The molecular formula is C10H14N5O4PS. The van der Waals surface area contributed by atoms with Crippen molar-refractivity contribution in [3.8, 4) is 0 Å². The highest BCUT2D eigenvalue weighted by Gasteiger charge is 2.37. The van der Waals surface area contributed by atoms with Gasteiger partial charge in [-0.05, 0) is 18.7 Å². The van der Waals surface area contributed by atoms with Crippen molar-refractivity contribution in [3.63, 3.8) is 0 Å². The monoisotopic (exact) mass is 331 g/mol. The van der Waals surface area contributed by atoms with Gasteiger partial charge in [0, 0.05) is 6.42 Å². The zero-order valence-corrected chi connectivity index (χ0v) is 12.7. The molecule has 11 heteroatoms. The second-order valence-corrected chi connectivity index (χ2v) is 7.37. The minimum absolute atomic E-state index is 0.291. The van der Waals surface area contributed by atoms with Crippen LogP contribution in [0.4, 0.5) is 5.82 Å². The lowest BCUT2D eigenvalue weighted by atomic mass is 10.2. The van der Waals surface area contributed by atoms with Gasteiger partial charge in [-0.3, -0.25) is 4.57 Å². The molecule has 114 valence electrons. The normalized spacial score (nSPS) is 26.5. The van der Waals surface area contributed by atoms with Gasteiger partial charge in [-0.15, -0.1) is 0 Å². The molecule has 2 aromatic rings. The number of nitrogens with two attached hydrogens (primary N) is 1. The highest BCUT2D eigenvalue weighted by Crippen LogP contribution is 2.44. The molecule has 2 aromatic heterocycles. The summed E-state index contributed by atoms with van der Waals surface area (Å²) < 4.78 is 12.6. The summed E-state index contributed by atoms with van der Waals surface area (Å²) in [5.74, 6) is 0.291. The highest BCUT2D eigenvalue weighted by molar-refractivity contribution is 8.06. The van der Waals surface area contributed by atoms with E-state index in [2.05, 4.69) is 26.8 Å². The fourth-order valence-corrected chi connectivity index (χ4v) is 3.29. The zero-order valence-electron chi connectivity index (χ0n) is 11.0. The molecule has 3 heterocycles. The van der Waals surface area contributed by atoms with Crippen molar-refractivity contribution in [1.29, 1.82) is 0 Å². The molecule has 0 aliphatic carbocycles. The van der Waals surface area contributed by atoms with E-state index in [4.69, 9.17) is 15.0 Å². The van der Waals surface area contributed by atoms with Gasteiger partial charge in [-0.25, -0.2) is 15.0 Å². The highest BCUT2D eigenvalue weighted by atomic mass is 32.5. The Bertz CT molecular complexity index is 719. The summed E-state index contributed by atoms with van der Waals surface area (Å²) in [4.78, 5) is 30.7. The van der Waals surface area contributed by atoms with Crippen LogP contribution in [-0.2, 0) is 21.1 Å². The van der Waals surface area contributed by atoms with Crippen LogP contribution < -0.4 is 5.73 Å². The number of hydrogen-bond donors (Lipinski definition) is 3. The van der Waals surface area contributed by atoms with Gasteiger partial charge in [0.1, 0.15) is 18.1 Å². The number of imidazole rings is 1. The molecule has 0 spiro atoms. The van der Waals surface area contributed by atoms with Crippen LogP contribution >= 0.6 is 6.72 Å². The Morgan fingerprint density at radius 1 is 1.48 bits per heavy atom. The quantitative estimate of drug-likeness (QED) is 0.680. The second-order valence-electron chi connectivity index (χ2n) is 4.75. The molecule has 0 amide bonds. The largest absolute Gasteiger partial charge is 0.382 e. The van der Waals surface area contributed by atoms with E-state index in [1.807, 2.05) is 0 Å². The van der Waals surface area contributed by atoms with Crippen molar-refractivity contribution < 1.29 is 19.0 Å². The maximum atomic E-state index is 9.27. The summed E-state index contributed by atoms with van der Waals surface area (Å²) in [6, 6.07) is 0. The van der Waals surface area contributed by atoms with Gasteiger partial charge in [0.2, 0.25) is 0 Å². The second kappa shape index (κ2) is 5.24. The molecule has 3 atom stereocenters. The average Bonchev–Trinajstić information content (AvgIpc) is 2.93. The molecule has 0 radical (unpaired) electrons. The molecule has 9 nitrogen and oxygen atoms in total. The minimum Gasteiger partial charge on any atom is -0.382 e. The van der Waals surface area contributed by atoms with Crippen molar-refractivity contribution in [3.05, 3.63) is 12.7 Å². The molecule has 1 aliphatic heterocycles. The lowest BCUT2D eigenvalue weighted by Crippen LogP contribution is -2.19. The number of ether oxygens (including phenoxy) is 1. The number of nitrogens with zero attached hydrogens (tertiary/aromatic N) is 4. The van der Waals surface area contributed by atoms with E-state index in [0.717, 1.165) is 0 Å². The molecular weight excluding hydrogens is 317 g/mol. The van der Waals surface area contributed by atoms with E-state index in [0.29, 0.717) is 23.4 Å². The SMILES string of the molecule is C[C@H]1O[C@@H](n2cnc3c(N)ncnc32)C[C@@H]1OP(O)(O)=S. The molecule has 1 fully saturated rings. The Hall–Kier alpha value is -1.16. The smallest absolute Gasteiger partial charge is 0.322 e. The average molecular weight is 331 g/mol. The molecule has 0 aromatic carbocycles. The molecule has 4 N–H and O–H groups in total. The van der Waals surface area contributed by atoms with Gasteiger partial charge in [0.05, 0.1) is 18.5 Å². The molecule has 0 saturated carbocycles. The zero-order chi connectivity index (χ0) is 15.2. The molecule has 0 bridgehead atoms. The Balaban J connectivity index is 1.88. The van der Waals surface area contributed by atoms with E-state index in [1.165, 1.54) is 6.33 Å². The van der Waals surface area contributed by atoms with Gasteiger partial charge in [0.25, 0.3) is 0 Å². The first kappa shape index (κ1) is 14.8. The lowest BCUT2D eigenvalue weighted by Gasteiger charge is -2.16. The number of nitrogen functional groups attached to an aromatic ring is 1. The van der Waals surface area contributed by atoms with Crippen LogP contribution in [0.1, 0.15) is 19.6 Å². The van der Waals surface area contributed by atoms with Crippen molar-refractivity contribution in [2.24, 2.45) is 0 Å². The summed E-state index contributed by atoms with van der Waals surface area (Å²) >= 11 is 4.50. The minimum atomic E-state index is -3.73. The van der Waals surface area contributed by atoms with Crippen LogP contribution in [0.3, 0.4) is 0 Å². The van der Waals surface area contributed by atoms with Crippen LogP contribution in [0.2, 0.25) is 0 Å². The van der Waals surface area contributed by atoms with E-state index >= 15 is 0 Å². The first-order valence-corrected chi connectivity index (χ1v) is 8.80. The fraction of sp³-hybridized carbons (Fsp3) is 0.500. The Kier molecular flexibility index (Phi) is 3.68. The van der Waals surface area contributed by atoms with Crippen LogP contribution in [0.5, 0.6) is 0 Å². The molecule has 21 heavy (non-hydrogen) atoms. The summed E-state index contributed by atoms with van der Waals surface area (Å²) in [6.07, 6.45) is 2.06. The Morgan fingerprint density at radius 2 is 2.24 bits per heavy atom. The third kappa shape index (κ3) is 2.91.